The highest BCUT2D eigenvalue weighted by Crippen LogP contribution is 2.24. The molecule has 1 amide bonds. The molecule has 0 saturated carbocycles. The van der Waals surface area contributed by atoms with Crippen LogP contribution >= 0.6 is 11.6 Å². The minimum Gasteiger partial charge on any atom is -0.494 e. The molecule has 0 radical (unpaired) electrons. The largest absolute Gasteiger partial charge is 0.494 e. The molecule has 31 heavy (non-hydrogen) atoms. The van der Waals surface area contributed by atoms with E-state index in [2.05, 4.69) is 25.9 Å². The summed E-state index contributed by atoms with van der Waals surface area (Å²) in [5, 5.41) is 11.2. The fourth-order valence-corrected chi connectivity index (χ4v) is 3.96. The van der Waals surface area contributed by atoms with E-state index in [4.69, 9.17) is 16.3 Å². The number of rotatable bonds is 6. The number of amides is 1. The van der Waals surface area contributed by atoms with E-state index in [0.29, 0.717) is 24.0 Å². The average Bonchev–Trinajstić information content (AvgIpc) is 2.73. The number of anilines is 1. The Morgan fingerprint density at radius 1 is 1.16 bits per heavy atom. The van der Waals surface area contributed by atoms with Crippen LogP contribution in [0.15, 0.2) is 42.5 Å². The van der Waals surface area contributed by atoms with Gasteiger partial charge in [-0.1, -0.05) is 23.7 Å². The number of fused-ring (bicyclic) bond motifs is 1. The summed E-state index contributed by atoms with van der Waals surface area (Å²) in [6.45, 7) is 6.50. The second-order valence-corrected chi connectivity index (χ2v) is 8.16. The van der Waals surface area contributed by atoms with Crippen LogP contribution in [0, 0.1) is 12.8 Å². The van der Waals surface area contributed by atoms with E-state index in [1.165, 1.54) is 0 Å². The molecule has 7 nitrogen and oxygen atoms in total. The van der Waals surface area contributed by atoms with Crippen molar-refractivity contribution in [2.75, 3.05) is 11.9 Å². The molecule has 0 aliphatic carbocycles. The van der Waals surface area contributed by atoms with Gasteiger partial charge in [0.1, 0.15) is 5.75 Å². The maximum atomic E-state index is 12.8. The van der Waals surface area contributed by atoms with E-state index in [1.807, 2.05) is 63.2 Å². The zero-order valence-electron chi connectivity index (χ0n) is 17.8. The number of ether oxygens (including phenoxy) is 1. The van der Waals surface area contributed by atoms with Crippen molar-refractivity contribution in [2.45, 2.75) is 39.5 Å². The second-order valence-electron chi connectivity index (χ2n) is 7.72. The molecule has 162 valence electrons. The van der Waals surface area contributed by atoms with Crippen molar-refractivity contribution in [3.05, 3.63) is 58.7 Å². The first-order chi connectivity index (χ1) is 14.9. The number of benzene rings is 2. The third kappa shape index (κ3) is 4.89. The molecule has 8 heteroatoms. The molecule has 1 saturated heterocycles. The van der Waals surface area contributed by atoms with Crippen molar-refractivity contribution in [3.63, 3.8) is 0 Å². The Labute approximate surface area is 186 Å². The van der Waals surface area contributed by atoms with Crippen molar-refractivity contribution < 1.29 is 9.53 Å². The first-order valence-corrected chi connectivity index (χ1v) is 10.8. The van der Waals surface area contributed by atoms with Crippen LogP contribution in [0.5, 0.6) is 5.75 Å². The zero-order chi connectivity index (χ0) is 22.0. The summed E-state index contributed by atoms with van der Waals surface area (Å²) in [5.41, 5.74) is 2.73. The summed E-state index contributed by atoms with van der Waals surface area (Å²) in [7, 11) is 0. The summed E-state index contributed by atoms with van der Waals surface area (Å²) in [6, 6.07) is 13.3. The molecule has 3 aromatic rings. The first-order valence-electron chi connectivity index (χ1n) is 10.4. The molecule has 4 rings (SSSR count). The average molecular weight is 440 g/mol. The number of hydrogen-bond acceptors (Lipinski definition) is 6. The van der Waals surface area contributed by atoms with Crippen LogP contribution in [-0.4, -0.2) is 34.8 Å². The molecule has 3 atom stereocenters. The van der Waals surface area contributed by atoms with E-state index in [1.54, 1.807) is 0 Å². The molecule has 2 aromatic carbocycles. The Morgan fingerprint density at radius 2 is 1.94 bits per heavy atom. The van der Waals surface area contributed by atoms with Crippen LogP contribution in [0.4, 0.5) is 5.95 Å². The summed E-state index contributed by atoms with van der Waals surface area (Å²) in [4.78, 5) is 21.9. The fraction of sp³-hybridized carbons (Fsp3) is 0.348. The summed E-state index contributed by atoms with van der Waals surface area (Å²) in [5.74, 6) is 1.05. The number of carbonyl (C=O) groups is 1. The first kappa shape index (κ1) is 21.3. The SMILES string of the molecule is CCOc1ccc2nc(NC3NC(=O)C(Cc4ccc(Cl)cc4)C(C)N3)nc(C)c2c1. The summed E-state index contributed by atoms with van der Waals surface area (Å²) < 4.78 is 5.57. The normalized spacial score (nSPS) is 21.0. The number of carbonyl (C=O) groups excluding carboxylic acids is 1. The fourth-order valence-electron chi connectivity index (χ4n) is 3.83. The van der Waals surface area contributed by atoms with Gasteiger partial charge in [-0.3, -0.25) is 10.1 Å². The third-order valence-corrected chi connectivity index (χ3v) is 5.72. The van der Waals surface area contributed by atoms with Crippen LogP contribution in [0.25, 0.3) is 10.9 Å². The van der Waals surface area contributed by atoms with E-state index >= 15 is 0 Å². The van der Waals surface area contributed by atoms with Gasteiger partial charge in [-0.05, 0) is 63.1 Å². The molecular weight excluding hydrogens is 414 g/mol. The van der Waals surface area contributed by atoms with E-state index < -0.39 is 6.29 Å². The molecule has 1 aliphatic rings. The highest BCUT2D eigenvalue weighted by atomic mass is 35.5. The van der Waals surface area contributed by atoms with E-state index in [-0.39, 0.29) is 17.9 Å². The van der Waals surface area contributed by atoms with Gasteiger partial charge in [0.05, 0.1) is 23.7 Å². The van der Waals surface area contributed by atoms with Gasteiger partial charge in [-0.25, -0.2) is 9.97 Å². The molecule has 3 unspecified atom stereocenters. The molecule has 0 bridgehead atoms. The number of halogens is 1. The molecule has 3 N–H and O–H groups in total. The van der Waals surface area contributed by atoms with Gasteiger partial charge in [-0.15, -0.1) is 0 Å². The Hall–Kier alpha value is -2.90. The van der Waals surface area contributed by atoms with Gasteiger partial charge in [0.2, 0.25) is 11.9 Å². The lowest BCUT2D eigenvalue weighted by Gasteiger charge is -2.36. The maximum Gasteiger partial charge on any atom is 0.227 e. The lowest BCUT2D eigenvalue weighted by atomic mass is 9.91. The Balaban J connectivity index is 1.45. The van der Waals surface area contributed by atoms with Crippen molar-refractivity contribution in [3.8, 4) is 5.75 Å². The van der Waals surface area contributed by atoms with Crippen LogP contribution in [0.1, 0.15) is 25.1 Å². The Morgan fingerprint density at radius 3 is 2.65 bits per heavy atom. The molecule has 1 fully saturated rings. The smallest absolute Gasteiger partial charge is 0.227 e. The number of nitrogens with zero attached hydrogens (tertiary/aromatic N) is 2. The van der Waals surface area contributed by atoms with Gasteiger partial charge in [0.15, 0.2) is 6.29 Å². The lowest BCUT2D eigenvalue weighted by molar-refractivity contribution is -0.128. The van der Waals surface area contributed by atoms with Crippen molar-refractivity contribution in [2.24, 2.45) is 5.92 Å². The Bertz CT molecular complexity index is 1090. The van der Waals surface area contributed by atoms with Gasteiger partial charge in [0.25, 0.3) is 0 Å². The predicted molar refractivity (Wildman–Crippen MR) is 122 cm³/mol. The summed E-state index contributed by atoms with van der Waals surface area (Å²) in [6.07, 6.45) is 0.181. The van der Waals surface area contributed by atoms with Gasteiger partial charge >= 0.3 is 0 Å². The summed E-state index contributed by atoms with van der Waals surface area (Å²) >= 11 is 5.96. The molecule has 2 heterocycles. The quantitative estimate of drug-likeness (QED) is 0.543. The highest BCUT2D eigenvalue weighted by molar-refractivity contribution is 6.30. The monoisotopic (exact) mass is 439 g/mol. The zero-order valence-corrected chi connectivity index (χ0v) is 18.5. The van der Waals surface area contributed by atoms with Crippen molar-refractivity contribution in [1.29, 1.82) is 0 Å². The third-order valence-electron chi connectivity index (χ3n) is 5.47. The van der Waals surface area contributed by atoms with E-state index in [9.17, 15) is 4.79 Å². The van der Waals surface area contributed by atoms with Crippen LogP contribution < -0.4 is 20.7 Å². The number of hydrogen-bond donors (Lipinski definition) is 3. The topological polar surface area (TPSA) is 88.2 Å². The molecule has 1 aliphatic heterocycles. The van der Waals surface area contributed by atoms with Crippen molar-refractivity contribution in [1.82, 2.24) is 20.6 Å². The minimum absolute atomic E-state index is 0.0161. The minimum atomic E-state index is -0.455. The lowest BCUT2D eigenvalue weighted by Crippen LogP contribution is -2.63. The van der Waals surface area contributed by atoms with Gasteiger partial charge < -0.3 is 15.4 Å². The van der Waals surface area contributed by atoms with Crippen LogP contribution in [0.3, 0.4) is 0 Å². The van der Waals surface area contributed by atoms with Gasteiger partial charge in [0, 0.05) is 16.5 Å². The standard InChI is InChI=1S/C23H26ClN5O2/c1-4-31-17-9-10-20-18(12-17)13(2)25-22(27-20)29-23-26-14(3)19(21(30)28-23)11-15-5-7-16(24)8-6-15/h5-10,12,14,19,23,26H,4,11H2,1-3H3,(H,28,30)(H,25,27,29). The Kier molecular flexibility index (Phi) is 6.25. The molecule has 1 aromatic heterocycles. The van der Waals surface area contributed by atoms with E-state index in [0.717, 1.165) is 27.9 Å². The number of nitrogens with one attached hydrogen (secondary N) is 3. The van der Waals surface area contributed by atoms with Crippen LogP contribution in [0.2, 0.25) is 5.02 Å². The van der Waals surface area contributed by atoms with Gasteiger partial charge in [-0.2, -0.15) is 0 Å². The van der Waals surface area contributed by atoms with Crippen LogP contribution in [-0.2, 0) is 11.2 Å². The van der Waals surface area contributed by atoms with Crippen molar-refractivity contribution >= 4 is 34.4 Å². The molecular formula is C23H26ClN5O2. The predicted octanol–water partition coefficient (Wildman–Crippen LogP) is 3.65. The number of aryl methyl sites for hydroxylation is 1. The second kappa shape index (κ2) is 9.08. The molecule has 0 spiro atoms. The number of aromatic nitrogens is 2. The highest BCUT2D eigenvalue weighted by Gasteiger charge is 2.33. The maximum absolute atomic E-state index is 12.8.